The molecule has 2 aromatic rings. The third-order valence-corrected chi connectivity index (χ3v) is 4.98. The normalized spacial score (nSPS) is 18.3. The molecule has 124 valence electrons. The summed E-state index contributed by atoms with van der Waals surface area (Å²) in [4.78, 5) is 18.0. The van der Waals surface area contributed by atoms with E-state index >= 15 is 0 Å². The molecule has 1 aromatic heterocycles. The Kier molecular flexibility index (Phi) is 3.52. The Morgan fingerprint density at radius 1 is 1.29 bits per heavy atom. The molecule has 5 heteroatoms. The number of fused-ring (bicyclic) bond motifs is 1. The summed E-state index contributed by atoms with van der Waals surface area (Å²) in [5.74, 6) is 0.0283. The van der Waals surface area contributed by atoms with Crippen LogP contribution in [0.5, 0.6) is 5.75 Å². The van der Waals surface area contributed by atoms with Crippen LogP contribution in [0.2, 0.25) is 0 Å². The van der Waals surface area contributed by atoms with Crippen molar-refractivity contribution >= 4 is 11.5 Å². The third-order valence-electron chi connectivity index (χ3n) is 4.98. The number of benzene rings is 1. The first kappa shape index (κ1) is 15.1. The molecular formula is C19H19FN2O2. The molecule has 0 N–H and O–H groups in total. The number of pyridine rings is 1. The summed E-state index contributed by atoms with van der Waals surface area (Å²) >= 11 is 0. The van der Waals surface area contributed by atoms with Crippen LogP contribution >= 0.6 is 0 Å². The highest BCUT2D eigenvalue weighted by Gasteiger charge is 2.43. The minimum absolute atomic E-state index is 0.110. The first-order chi connectivity index (χ1) is 11.6. The van der Waals surface area contributed by atoms with Crippen LogP contribution in [0.3, 0.4) is 0 Å². The Bertz CT molecular complexity index is 802. The van der Waals surface area contributed by atoms with E-state index in [9.17, 15) is 9.18 Å². The number of anilines is 1. The van der Waals surface area contributed by atoms with Gasteiger partial charge in [-0.15, -0.1) is 0 Å². The molecule has 4 nitrogen and oxygen atoms in total. The molecule has 1 spiro atoms. The third kappa shape index (κ3) is 2.44. The second-order valence-electron chi connectivity index (χ2n) is 6.67. The highest BCUT2D eigenvalue weighted by atomic mass is 19.1. The number of ether oxygens (including phenoxy) is 1. The van der Waals surface area contributed by atoms with Crippen molar-refractivity contribution < 1.29 is 13.9 Å². The molecule has 0 amide bonds. The quantitative estimate of drug-likeness (QED) is 0.788. The molecule has 0 bridgehead atoms. The Balaban J connectivity index is 1.81. The molecule has 4 rings (SSSR count). The van der Waals surface area contributed by atoms with Crippen LogP contribution < -0.4 is 9.64 Å². The minimum atomic E-state index is -0.568. The molecular weight excluding hydrogens is 307 g/mol. The van der Waals surface area contributed by atoms with E-state index in [1.165, 1.54) is 6.92 Å². The average Bonchev–Trinajstić information content (AvgIpc) is 2.71. The Labute approximate surface area is 140 Å². The monoisotopic (exact) mass is 326 g/mol. The number of carbonyl (C=O) groups excluding carboxylic acids is 1. The zero-order valence-electron chi connectivity index (χ0n) is 13.6. The summed E-state index contributed by atoms with van der Waals surface area (Å²) in [6, 6.07) is 7.93. The van der Waals surface area contributed by atoms with Gasteiger partial charge in [0.1, 0.15) is 11.4 Å². The fourth-order valence-corrected chi connectivity index (χ4v) is 3.62. The maximum absolute atomic E-state index is 14.2. The molecule has 0 radical (unpaired) electrons. The second kappa shape index (κ2) is 5.58. The van der Waals surface area contributed by atoms with Crippen LogP contribution in [0, 0.1) is 5.82 Å². The lowest BCUT2D eigenvalue weighted by molar-refractivity contribution is 0.00334. The van der Waals surface area contributed by atoms with E-state index in [0.29, 0.717) is 18.8 Å². The standard InChI is InChI=1S/C19H19FN2O2/c1-13(23)18-15(20)9-21-10-16(18)22-11-14-5-2-3-6-17(14)24-19(12-22)7-4-8-19/h2-3,5-6,9-10H,4,7-8,11-12H2,1H3. The molecule has 2 aliphatic rings. The minimum Gasteiger partial charge on any atom is -0.485 e. The lowest BCUT2D eigenvalue weighted by Crippen LogP contribution is -2.51. The Morgan fingerprint density at radius 3 is 2.79 bits per heavy atom. The van der Waals surface area contributed by atoms with Gasteiger partial charge in [-0.25, -0.2) is 4.39 Å². The number of carbonyl (C=O) groups is 1. The van der Waals surface area contributed by atoms with Gasteiger partial charge in [0.05, 0.1) is 30.2 Å². The SMILES string of the molecule is CC(=O)c1c(F)cncc1N1Cc2ccccc2OC2(CCC2)C1. The zero-order chi connectivity index (χ0) is 16.7. The number of aromatic nitrogens is 1. The van der Waals surface area contributed by atoms with Crippen molar-refractivity contribution in [3.05, 3.63) is 53.6 Å². The largest absolute Gasteiger partial charge is 0.485 e. The number of Topliss-reactive ketones (excluding diaryl/α,β-unsaturated/α-hetero) is 1. The fraction of sp³-hybridized carbons (Fsp3) is 0.368. The predicted molar refractivity (Wildman–Crippen MR) is 88.9 cm³/mol. The van der Waals surface area contributed by atoms with E-state index in [1.54, 1.807) is 6.20 Å². The van der Waals surface area contributed by atoms with Gasteiger partial charge in [0.15, 0.2) is 11.6 Å². The van der Waals surface area contributed by atoms with E-state index in [-0.39, 0.29) is 16.9 Å². The van der Waals surface area contributed by atoms with Gasteiger partial charge in [-0.3, -0.25) is 9.78 Å². The zero-order valence-corrected chi connectivity index (χ0v) is 13.6. The summed E-state index contributed by atoms with van der Waals surface area (Å²) in [6.45, 7) is 2.60. The smallest absolute Gasteiger partial charge is 0.164 e. The summed E-state index contributed by atoms with van der Waals surface area (Å²) in [5.41, 5.74) is 1.44. The molecule has 0 unspecified atom stereocenters. The number of rotatable bonds is 2. The summed E-state index contributed by atoms with van der Waals surface area (Å²) in [7, 11) is 0. The molecule has 1 aliphatic carbocycles. The topological polar surface area (TPSA) is 42.4 Å². The van der Waals surface area contributed by atoms with Crippen LogP contribution in [0.4, 0.5) is 10.1 Å². The van der Waals surface area contributed by atoms with Crippen LogP contribution in [-0.2, 0) is 6.54 Å². The molecule has 1 aliphatic heterocycles. The first-order valence-electron chi connectivity index (χ1n) is 8.24. The van der Waals surface area contributed by atoms with Gasteiger partial charge >= 0.3 is 0 Å². The highest BCUT2D eigenvalue weighted by Crippen LogP contribution is 2.42. The molecule has 0 saturated heterocycles. The number of para-hydroxylation sites is 1. The van der Waals surface area contributed by atoms with Crippen molar-refractivity contribution in [3.8, 4) is 5.75 Å². The van der Waals surface area contributed by atoms with Gasteiger partial charge in [0.2, 0.25) is 0 Å². The molecule has 1 fully saturated rings. The predicted octanol–water partition coefficient (Wildman–Crippen LogP) is 3.75. The van der Waals surface area contributed by atoms with E-state index in [4.69, 9.17) is 4.74 Å². The highest BCUT2D eigenvalue weighted by molar-refractivity contribution is 5.99. The lowest BCUT2D eigenvalue weighted by atomic mass is 9.79. The summed E-state index contributed by atoms with van der Waals surface area (Å²) in [6.07, 6.45) is 5.74. The first-order valence-corrected chi connectivity index (χ1v) is 8.24. The Morgan fingerprint density at radius 2 is 2.08 bits per heavy atom. The molecule has 1 aromatic carbocycles. The maximum atomic E-state index is 14.2. The Hall–Kier alpha value is -2.43. The van der Waals surface area contributed by atoms with Gasteiger partial charge < -0.3 is 9.64 Å². The van der Waals surface area contributed by atoms with Crippen molar-refractivity contribution in [2.24, 2.45) is 0 Å². The number of hydrogen-bond acceptors (Lipinski definition) is 4. The van der Waals surface area contributed by atoms with E-state index < -0.39 is 5.82 Å². The van der Waals surface area contributed by atoms with E-state index in [0.717, 1.165) is 36.8 Å². The molecule has 24 heavy (non-hydrogen) atoms. The van der Waals surface area contributed by atoms with Crippen molar-refractivity contribution in [3.63, 3.8) is 0 Å². The maximum Gasteiger partial charge on any atom is 0.164 e. The molecule has 1 saturated carbocycles. The van der Waals surface area contributed by atoms with Gasteiger partial charge in [0.25, 0.3) is 0 Å². The van der Waals surface area contributed by atoms with E-state index in [1.807, 2.05) is 29.2 Å². The van der Waals surface area contributed by atoms with Crippen molar-refractivity contribution in [2.45, 2.75) is 38.3 Å². The molecule has 2 heterocycles. The van der Waals surface area contributed by atoms with Crippen molar-refractivity contribution in [2.75, 3.05) is 11.4 Å². The van der Waals surface area contributed by atoms with Crippen LogP contribution in [-0.4, -0.2) is 22.9 Å². The lowest BCUT2D eigenvalue weighted by Gasteiger charge is -2.43. The number of hydrogen-bond donors (Lipinski definition) is 0. The van der Waals surface area contributed by atoms with Crippen LogP contribution in [0.25, 0.3) is 0 Å². The van der Waals surface area contributed by atoms with Gasteiger partial charge in [-0.2, -0.15) is 0 Å². The second-order valence-corrected chi connectivity index (χ2v) is 6.67. The number of nitrogens with zero attached hydrogens (tertiary/aromatic N) is 2. The van der Waals surface area contributed by atoms with Crippen molar-refractivity contribution in [1.29, 1.82) is 0 Å². The summed E-state index contributed by atoms with van der Waals surface area (Å²) < 4.78 is 20.5. The average molecular weight is 326 g/mol. The number of ketones is 1. The fourth-order valence-electron chi connectivity index (χ4n) is 3.62. The van der Waals surface area contributed by atoms with Gasteiger partial charge in [-0.05, 0) is 32.3 Å². The molecule has 0 atom stereocenters. The van der Waals surface area contributed by atoms with Crippen LogP contribution in [0.15, 0.2) is 36.7 Å². The van der Waals surface area contributed by atoms with E-state index in [2.05, 4.69) is 4.98 Å². The number of halogens is 1. The van der Waals surface area contributed by atoms with Crippen molar-refractivity contribution in [1.82, 2.24) is 4.98 Å². The summed E-state index contributed by atoms with van der Waals surface area (Å²) in [5, 5.41) is 0. The van der Waals surface area contributed by atoms with Crippen LogP contribution in [0.1, 0.15) is 42.1 Å². The van der Waals surface area contributed by atoms with Gasteiger partial charge in [0, 0.05) is 12.1 Å². The van der Waals surface area contributed by atoms with Gasteiger partial charge in [-0.1, -0.05) is 18.2 Å².